The minimum Gasteiger partial charge on any atom is -0.308 e. The van der Waals surface area contributed by atoms with Gasteiger partial charge >= 0.3 is 5.69 Å². The first-order valence-electron chi connectivity index (χ1n) is 6.90. The van der Waals surface area contributed by atoms with Crippen molar-refractivity contribution < 1.29 is 0 Å². The summed E-state index contributed by atoms with van der Waals surface area (Å²) in [5, 5.41) is 7.94. The molecule has 2 aromatic rings. The number of hydrazine groups is 1. The number of H-pyrrole nitrogens is 1. The smallest absolute Gasteiger partial charge is 0.308 e. The molecule has 112 valence electrons. The molecule has 0 unspecified atom stereocenters. The Morgan fingerprint density at radius 3 is 3.00 bits per heavy atom. The standard InChI is InChI=1S/C12H17N7OS/c1-2-3-8-14-9(16-13)6-10(15-8)21-12-18-17-11(20)19(12)7-4-5-7/h6-7H,2-5,13H2,1H3,(H,17,20)(H,14,15,16). The molecule has 1 saturated carbocycles. The molecule has 1 aliphatic rings. The monoisotopic (exact) mass is 307 g/mol. The summed E-state index contributed by atoms with van der Waals surface area (Å²) in [4.78, 5) is 20.6. The summed E-state index contributed by atoms with van der Waals surface area (Å²) in [6.07, 6.45) is 3.77. The fraction of sp³-hybridized carbons (Fsp3) is 0.500. The van der Waals surface area contributed by atoms with Crippen LogP contribution in [-0.4, -0.2) is 24.7 Å². The molecule has 1 aliphatic carbocycles. The lowest BCUT2D eigenvalue weighted by Gasteiger charge is -2.07. The molecule has 4 N–H and O–H groups in total. The van der Waals surface area contributed by atoms with Gasteiger partial charge in [0.15, 0.2) is 5.16 Å². The lowest BCUT2D eigenvalue weighted by Crippen LogP contribution is -2.16. The Balaban J connectivity index is 1.90. The minimum absolute atomic E-state index is 0.167. The van der Waals surface area contributed by atoms with Crippen LogP contribution in [-0.2, 0) is 6.42 Å². The van der Waals surface area contributed by atoms with E-state index in [1.165, 1.54) is 11.8 Å². The molecular formula is C12H17N7OS. The molecule has 21 heavy (non-hydrogen) atoms. The maximum absolute atomic E-state index is 11.8. The fourth-order valence-corrected chi connectivity index (χ4v) is 2.98. The Hall–Kier alpha value is -1.87. The summed E-state index contributed by atoms with van der Waals surface area (Å²) < 4.78 is 1.70. The van der Waals surface area contributed by atoms with Gasteiger partial charge in [0.1, 0.15) is 16.7 Å². The maximum Gasteiger partial charge on any atom is 0.344 e. The number of aromatic nitrogens is 5. The van der Waals surface area contributed by atoms with Gasteiger partial charge in [0.05, 0.1) is 0 Å². The first kappa shape index (κ1) is 14.1. The summed E-state index contributed by atoms with van der Waals surface area (Å²) in [6.45, 7) is 2.07. The van der Waals surface area contributed by atoms with Crippen molar-refractivity contribution >= 4 is 17.6 Å². The highest BCUT2D eigenvalue weighted by molar-refractivity contribution is 7.99. The number of nitrogen functional groups attached to an aromatic ring is 1. The van der Waals surface area contributed by atoms with Crippen LogP contribution in [0.5, 0.6) is 0 Å². The molecule has 0 atom stereocenters. The number of aryl methyl sites for hydroxylation is 1. The van der Waals surface area contributed by atoms with Gasteiger partial charge in [-0.2, -0.15) is 0 Å². The van der Waals surface area contributed by atoms with Crippen LogP contribution < -0.4 is 17.0 Å². The molecule has 0 saturated heterocycles. The van der Waals surface area contributed by atoms with E-state index < -0.39 is 0 Å². The lowest BCUT2D eigenvalue weighted by atomic mass is 10.3. The SMILES string of the molecule is CCCc1nc(NN)cc(Sc2n[nH]c(=O)n2C2CC2)n1. The third-order valence-electron chi connectivity index (χ3n) is 3.15. The summed E-state index contributed by atoms with van der Waals surface area (Å²) >= 11 is 1.35. The Labute approximate surface area is 125 Å². The van der Waals surface area contributed by atoms with Gasteiger partial charge in [0, 0.05) is 18.5 Å². The summed E-state index contributed by atoms with van der Waals surface area (Å²) in [5.74, 6) is 6.73. The fourth-order valence-electron chi connectivity index (χ4n) is 2.04. The number of anilines is 1. The third-order valence-corrected chi connectivity index (χ3v) is 4.04. The van der Waals surface area contributed by atoms with Crippen LogP contribution in [0.25, 0.3) is 0 Å². The van der Waals surface area contributed by atoms with Crippen molar-refractivity contribution in [1.82, 2.24) is 24.7 Å². The van der Waals surface area contributed by atoms with Crippen molar-refractivity contribution in [2.75, 3.05) is 5.43 Å². The molecule has 0 spiro atoms. The molecule has 0 radical (unpaired) electrons. The van der Waals surface area contributed by atoms with E-state index in [2.05, 4.69) is 32.5 Å². The average Bonchev–Trinajstić information content (AvgIpc) is 3.24. The van der Waals surface area contributed by atoms with E-state index in [-0.39, 0.29) is 11.7 Å². The van der Waals surface area contributed by atoms with Crippen molar-refractivity contribution in [3.05, 3.63) is 22.4 Å². The second-order valence-corrected chi connectivity index (χ2v) is 5.90. The van der Waals surface area contributed by atoms with Gasteiger partial charge in [-0.3, -0.25) is 4.57 Å². The van der Waals surface area contributed by atoms with Crippen LogP contribution in [0.15, 0.2) is 21.0 Å². The van der Waals surface area contributed by atoms with E-state index >= 15 is 0 Å². The van der Waals surface area contributed by atoms with Crippen LogP contribution >= 0.6 is 11.8 Å². The highest BCUT2D eigenvalue weighted by Crippen LogP contribution is 2.37. The van der Waals surface area contributed by atoms with Gasteiger partial charge < -0.3 is 5.43 Å². The number of hydrogen-bond donors (Lipinski definition) is 3. The summed E-state index contributed by atoms with van der Waals surface area (Å²) in [5.41, 5.74) is 2.38. The summed E-state index contributed by atoms with van der Waals surface area (Å²) in [6, 6.07) is 2.02. The molecule has 0 aliphatic heterocycles. The summed E-state index contributed by atoms with van der Waals surface area (Å²) in [7, 11) is 0. The maximum atomic E-state index is 11.8. The molecule has 0 aromatic carbocycles. The van der Waals surface area contributed by atoms with Gasteiger partial charge in [-0.05, 0) is 31.0 Å². The number of nitrogens with two attached hydrogens (primary N) is 1. The van der Waals surface area contributed by atoms with Gasteiger partial charge in [0.25, 0.3) is 0 Å². The first-order chi connectivity index (χ1) is 10.2. The predicted molar refractivity (Wildman–Crippen MR) is 79.1 cm³/mol. The van der Waals surface area contributed by atoms with Gasteiger partial charge in [0.2, 0.25) is 0 Å². The van der Waals surface area contributed by atoms with Crippen molar-refractivity contribution in [3.63, 3.8) is 0 Å². The molecule has 8 nitrogen and oxygen atoms in total. The molecule has 2 aromatic heterocycles. The van der Waals surface area contributed by atoms with Crippen LogP contribution in [0.4, 0.5) is 5.82 Å². The molecule has 2 heterocycles. The van der Waals surface area contributed by atoms with Gasteiger partial charge in [-0.25, -0.2) is 25.7 Å². The molecule has 9 heteroatoms. The second-order valence-electron chi connectivity index (χ2n) is 4.92. The molecule has 0 amide bonds. The van der Waals surface area contributed by atoms with E-state index in [0.29, 0.717) is 11.0 Å². The topological polar surface area (TPSA) is 115 Å². The Morgan fingerprint density at radius 2 is 2.33 bits per heavy atom. The number of aromatic amines is 1. The predicted octanol–water partition coefficient (Wildman–Crippen LogP) is 1.09. The Kier molecular flexibility index (Phi) is 3.93. The van der Waals surface area contributed by atoms with Crippen molar-refractivity contribution in [1.29, 1.82) is 0 Å². The zero-order chi connectivity index (χ0) is 14.8. The minimum atomic E-state index is -0.167. The second kappa shape index (κ2) is 5.86. The molecule has 3 rings (SSSR count). The van der Waals surface area contributed by atoms with Gasteiger partial charge in [-0.15, -0.1) is 5.10 Å². The quantitative estimate of drug-likeness (QED) is 0.415. The van der Waals surface area contributed by atoms with E-state index in [1.54, 1.807) is 10.6 Å². The highest BCUT2D eigenvalue weighted by Gasteiger charge is 2.29. The Morgan fingerprint density at radius 1 is 1.52 bits per heavy atom. The number of hydrogen-bond acceptors (Lipinski definition) is 7. The van der Waals surface area contributed by atoms with E-state index in [0.717, 1.165) is 36.5 Å². The van der Waals surface area contributed by atoms with Crippen LogP contribution in [0.3, 0.4) is 0 Å². The highest BCUT2D eigenvalue weighted by atomic mass is 32.2. The third kappa shape index (κ3) is 3.08. The number of rotatable bonds is 6. The molecular weight excluding hydrogens is 290 g/mol. The van der Waals surface area contributed by atoms with Crippen molar-refractivity contribution in [2.24, 2.45) is 5.84 Å². The number of nitrogens with zero attached hydrogens (tertiary/aromatic N) is 4. The van der Waals surface area contributed by atoms with E-state index in [9.17, 15) is 4.79 Å². The Bertz CT molecular complexity index is 691. The largest absolute Gasteiger partial charge is 0.344 e. The number of nitrogens with one attached hydrogen (secondary N) is 2. The normalized spacial score (nSPS) is 14.4. The van der Waals surface area contributed by atoms with Crippen LogP contribution in [0, 0.1) is 0 Å². The van der Waals surface area contributed by atoms with Crippen molar-refractivity contribution in [2.45, 2.75) is 48.8 Å². The average molecular weight is 307 g/mol. The van der Waals surface area contributed by atoms with Crippen molar-refractivity contribution in [3.8, 4) is 0 Å². The first-order valence-corrected chi connectivity index (χ1v) is 7.72. The lowest BCUT2D eigenvalue weighted by molar-refractivity contribution is 0.642. The van der Waals surface area contributed by atoms with Crippen LogP contribution in [0.1, 0.15) is 38.1 Å². The van der Waals surface area contributed by atoms with E-state index in [1.807, 2.05) is 0 Å². The molecule has 1 fully saturated rings. The van der Waals surface area contributed by atoms with Gasteiger partial charge in [-0.1, -0.05) is 6.92 Å². The zero-order valence-electron chi connectivity index (χ0n) is 11.7. The molecule has 0 bridgehead atoms. The van der Waals surface area contributed by atoms with E-state index in [4.69, 9.17) is 5.84 Å². The zero-order valence-corrected chi connectivity index (χ0v) is 12.5. The van der Waals surface area contributed by atoms with Crippen LogP contribution in [0.2, 0.25) is 0 Å².